The highest BCUT2D eigenvalue weighted by molar-refractivity contribution is 7.17. The second-order valence-corrected chi connectivity index (χ2v) is 26.7. The van der Waals surface area contributed by atoms with E-state index in [0.29, 0.717) is 57.8 Å². The molecule has 19 heteroatoms. The zero-order valence-corrected chi connectivity index (χ0v) is 60.0. The Morgan fingerprint density at radius 3 is 1.24 bits per heavy atom. The second-order valence-electron chi connectivity index (χ2n) is 26.3. The molecule has 0 aromatic heterocycles. The number of hydrogen-bond donors (Lipinski definition) is 4. The van der Waals surface area contributed by atoms with Crippen molar-refractivity contribution in [2.45, 2.75) is 411 Å². The molecule has 0 aliphatic carbocycles. The molecule has 0 spiro atoms. The Balaban J connectivity index is 3.64. The van der Waals surface area contributed by atoms with Crippen LogP contribution >= 0.6 is 8.69 Å². The Kier molecular flexibility index (Phi) is 56.7. The molecule has 1 heterocycles. The maximum absolute atomic E-state index is 14.6. The quantitative estimate of drug-likeness (QED) is 0.0145. The summed E-state index contributed by atoms with van der Waals surface area (Å²) in [6, 6.07) is -1.41. The molecule has 538 valence electrons. The predicted octanol–water partition coefficient (Wildman–Crippen LogP) is 18.1. The topological polar surface area (TPSA) is 249 Å². The van der Waals surface area contributed by atoms with Crippen molar-refractivity contribution in [3.8, 4) is 0 Å². The molecule has 1 amide bonds. The number of ether oxygens (including phenoxy) is 6. The highest BCUT2D eigenvalue weighted by atomic mass is 31.1. The summed E-state index contributed by atoms with van der Waals surface area (Å²) < 4.78 is 54.9. The standard InChI is InChI=1S/C73H135N2O16P/c1-7-13-19-23-27-30-34-37-43-47-60(86-67(78)52-46-40-33-26-22-16-10-4)53-54-74-63(72(82)83)59-85-73(75-66(77)55-61(87-68(79)50-41-17-11-5)48-44-38-35-31-28-24-20-14-8-2)57-64(71(91-92-84)65(58-76)90-73)89-70(81)56-62(88-69(80)51-42-18-12-6)49-45-39-36-32-29-25-21-15-9-3/h60-65,71,74,76H,7-59H2,1-6H3,(H,75,77)(H,82,83). The average molecular weight is 1330 g/mol. The van der Waals surface area contributed by atoms with Gasteiger partial charge < -0.3 is 49.3 Å². The number of aliphatic carboxylic acids is 1. The number of carbonyl (C=O) groups is 6. The Hall–Kier alpha value is -3.28. The number of hydrogen-bond acceptors (Lipinski definition) is 16. The minimum absolute atomic E-state index is 0.124. The number of rotatable bonds is 66. The number of carboxylic acid groups (broad SMARTS) is 1. The molecule has 0 radical (unpaired) electrons. The van der Waals surface area contributed by atoms with Crippen LogP contribution in [-0.4, -0.2) is 114 Å². The third-order valence-electron chi connectivity index (χ3n) is 17.7. The van der Waals surface area contributed by atoms with E-state index >= 15 is 0 Å². The van der Waals surface area contributed by atoms with Crippen LogP contribution in [0.5, 0.6) is 0 Å². The van der Waals surface area contributed by atoms with E-state index in [9.17, 15) is 43.5 Å². The van der Waals surface area contributed by atoms with E-state index in [1.165, 1.54) is 103 Å². The summed E-state index contributed by atoms with van der Waals surface area (Å²) in [7, 11) is -0.834. The van der Waals surface area contributed by atoms with Crippen molar-refractivity contribution in [3.05, 3.63) is 0 Å². The number of esters is 4. The van der Waals surface area contributed by atoms with Gasteiger partial charge in [-0.3, -0.25) is 33.3 Å². The van der Waals surface area contributed by atoms with Crippen LogP contribution in [0, 0.1) is 0 Å². The molecule has 0 bridgehead atoms. The van der Waals surface area contributed by atoms with Gasteiger partial charge in [0.05, 0.1) is 32.5 Å². The summed E-state index contributed by atoms with van der Waals surface area (Å²) in [5.74, 6) is -6.19. The van der Waals surface area contributed by atoms with Gasteiger partial charge in [-0.2, -0.15) is 0 Å². The van der Waals surface area contributed by atoms with Crippen LogP contribution in [0.1, 0.15) is 363 Å². The van der Waals surface area contributed by atoms with Crippen molar-refractivity contribution in [1.29, 1.82) is 0 Å². The maximum atomic E-state index is 14.6. The lowest BCUT2D eigenvalue weighted by Crippen LogP contribution is -2.66. The monoisotopic (exact) mass is 1330 g/mol. The van der Waals surface area contributed by atoms with E-state index in [1.54, 1.807) is 0 Å². The lowest BCUT2D eigenvalue weighted by Gasteiger charge is -2.46. The van der Waals surface area contributed by atoms with E-state index < -0.39 is 107 Å². The predicted molar refractivity (Wildman–Crippen MR) is 365 cm³/mol. The fourth-order valence-electron chi connectivity index (χ4n) is 12.1. The van der Waals surface area contributed by atoms with Gasteiger partial charge >= 0.3 is 38.5 Å². The molecule has 92 heavy (non-hydrogen) atoms. The first-order chi connectivity index (χ1) is 44.7. The smallest absolute Gasteiger partial charge is 0.327 e. The van der Waals surface area contributed by atoms with E-state index in [1.807, 2.05) is 13.8 Å². The van der Waals surface area contributed by atoms with Crippen molar-refractivity contribution in [2.75, 3.05) is 19.8 Å². The van der Waals surface area contributed by atoms with Crippen molar-refractivity contribution >= 4 is 44.4 Å². The number of carbonyl (C=O) groups excluding carboxylic acids is 5. The van der Waals surface area contributed by atoms with Crippen LogP contribution in [0.4, 0.5) is 0 Å². The largest absolute Gasteiger partial charge is 0.480 e. The summed E-state index contributed by atoms with van der Waals surface area (Å²) in [5.41, 5.74) is 0. The number of amides is 1. The normalized spacial score (nSPS) is 17.8. The van der Waals surface area contributed by atoms with Crippen LogP contribution in [0.15, 0.2) is 0 Å². The van der Waals surface area contributed by atoms with Crippen molar-refractivity contribution in [1.82, 2.24) is 10.6 Å². The number of unbranched alkanes of at least 4 members (excludes halogenated alkanes) is 34. The molecule has 8 atom stereocenters. The second kappa shape index (κ2) is 60.2. The first-order valence-corrected chi connectivity index (χ1v) is 38.4. The molecule has 4 N–H and O–H groups in total. The summed E-state index contributed by atoms with van der Waals surface area (Å²) in [6.45, 7) is 11.6. The SMILES string of the molecule is CCCCCCCCCCCC(CCNC(COC1(NC(=O)CC(CCCCCCCCCCC)OC(=O)CCCCC)CC(OC(=O)CC(CCCCCCCCCCC)OC(=O)CCCCC)C(OP=O)C(CO)O1)C(=O)O)OC(=O)CCCCCCCCC. The molecule has 1 aliphatic heterocycles. The Morgan fingerprint density at radius 1 is 0.478 bits per heavy atom. The molecular formula is C73H135N2O16P. The minimum Gasteiger partial charge on any atom is -0.480 e. The highest BCUT2D eigenvalue weighted by Crippen LogP contribution is 2.35. The number of aliphatic hydroxyl groups excluding tert-OH is 1. The summed E-state index contributed by atoms with van der Waals surface area (Å²) in [5, 5.41) is 27.6. The summed E-state index contributed by atoms with van der Waals surface area (Å²) in [6.07, 6.45) is 36.7. The third-order valence-corrected chi connectivity index (χ3v) is 18.0. The van der Waals surface area contributed by atoms with Gasteiger partial charge in [0.15, 0.2) is 0 Å². The lowest BCUT2D eigenvalue weighted by molar-refractivity contribution is -0.331. The van der Waals surface area contributed by atoms with Crippen LogP contribution in [-0.2, 0) is 66.3 Å². The van der Waals surface area contributed by atoms with E-state index in [-0.39, 0.29) is 38.2 Å². The highest BCUT2D eigenvalue weighted by Gasteiger charge is 2.52. The number of aliphatic hydroxyl groups is 1. The van der Waals surface area contributed by atoms with Crippen LogP contribution < -0.4 is 10.6 Å². The Labute approximate surface area is 560 Å². The van der Waals surface area contributed by atoms with E-state index in [0.717, 1.165) is 128 Å². The molecule has 1 rings (SSSR count). The zero-order valence-electron chi connectivity index (χ0n) is 59.1. The van der Waals surface area contributed by atoms with Gasteiger partial charge in [-0.1, -0.05) is 260 Å². The fourth-order valence-corrected chi connectivity index (χ4v) is 12.4. The van der Waals surface area contributed by atoms with Crippen molar-refractivity contribution < 1.29 is 76.5 Å². The van der Waals surface area contributed by atoms with Gasteiger partial charge in [0.2, 0.25) is 5.91 Å². The molecule has 18 nitrogen and oxygen atoms in total. The Morgan fingerprint density at radius 2 is 0.837 bits per heavy atom. The molecule has 1 fully saturated rings. The molecule has 8 unspecified atom stereocenters. The fraction of sp³-hybridized carbons (Fsp3) is 0.918. The lowest BCUT2D eigenvalue weighted by atomic mass is 9.98. The van der Waals surface area contributed by atoms with Crippen LogP contribution in [0.25, 0.3) is 0 Å². The van der Waals surface area contributed by atoms with Crippen LogP contribution in [0.3, 0.4) is 0 Å². The molecule has 1 saturated heterocycles. The third kappa shape index (κ3) is 46.8. The minimum atomic E-state index is -2.30. The van der Waals surface area contributed by atoms with Crippen molar-refractivity contribution in [2.24, 2.45) is 0 Å². The summed E-state index contributed by atoms with van der Waals surface area (Å²) >= 11 is 0. The van der Waals surface area contributed by atoms with Gasteiger partial charge in [0, 0.05) is 19.3 Å². The first-order valence-electron chi connectivity index (χ1n) is 37.7. The van der Waals surface area contributed by atoms with E-state index in [4.69, 9.17) is 32.9 Å². The first kappa shape index (κ1) is 86.7. The molecule has 0 aromatic carbocycles. The van der Waals surface area contributed by atoms with Gasteiger partial charge in [-0.15, -0.1) is 0 Å². The molecular weight excluding hydrogens is 1190 g/mol. The average Bonchev–Trinajstić information content (AvgIpc) is 0.794. The maximum Gasteiger partial charge on any atom is 0.327 e. The number of nitrogens with one attached hydrogen (secondary N) is 2. The zero-order chi connectivity index (χ0) is 67.6. The van der Waals surface area contributed by atoms with Gasteiger partial charge in [0.1, 0.15) is 42.7 Å². The molecule has 0 saturated carbocycles. The number of carboxylic acids is 1. The van der Waals surface area contributed by atoms with Crippen molar-refractivity contribution in [3.63, 3.8) is 0 Å². The van der Waals surface area contributed by atoms with E-state index in [2.05, 4.69) is 38.3 Å². The van der Waals surface area contributed by atoms with Crippen LogP contribution in [0.2, 0.25) is 0 Å². The summed E-state index contributed by atoms with van der Waals surface area (Å²) in [4.78, 5) is 81.9. The molecule has 1 aliphatic rings. The molecule has 0 aromatic rings. The Bertz CT molecular complexity index is 1850. The van der Waals surface area contributed by atoms with Gasteiger partial charge in [0.25, 0.3) is 5.91 Å². The van der Waals surface area contributed by atoms with Gasteiger partial charge in [-0.25, -0.2) is 4.57 Å². The van der Waals surface area contributed by atoms with Gasteiger partial charge in [-0.05, 0) is 70.8 Å².